The Morgan fingerprint density at radius 1 is 1.09 bits per heavy atom. The molecule has 35 heavy (non-hydrogen) atoms. The van der Waals surface area contributed by atoms with Gasteiger partial charge < -0.3 is 5.32 Å². The van der Waals surface area contributed by atoms with E-state index in [1.165, 1.54) is 24.4 Å². The van der Waals surface area contributed by atoms with Crippen molar-refractivity contribution in [2.45, 2.75) is 0 Å². The molecule has 1 N–H and O–H groups in total. The van der Waals surface area contributed by atoms with E-state index >= 15 is 0 Å². The van der Waals surface area contributed by atoms with Gasteiger partial charge in [-0.25, -0.2) is 23.4 Å². The van der Waals surface area contributed by atoms with E-state index in [4.69, 9.17) is 11.6 Å². The zero-order valence-corrected chi connectivity index (χ0v) is 18.8. The summed E-state index contributed by atoms with van der Waals surface area (Å²) in [7, 11) is 0. The van der Waals surface area contributed by atoms with Crippen LogP contribution in [0, 0.1) is 21.7 Å². The zero-order valence-electron chi connectivity index (χ0n) is 17.3. The molecular weight excluding hydrogens is 502 g/mol. The van der Waals surface area contributed by atoms with Crippen LogP contribution in [0.3, 0.4) is 0 Å². The van der Waals surface area contributed by atoms with Crippen LogP contribution in [0.1, 0.15) is 9.67 Å². The van der Waals surface area contributed by atoms with Crippen LogP contribution in [0.2, 0.25) is 5.02 Å². The molecular formula is C22H11ClF2N6O3S. The van der Waals surface area contributed by atoms with Crippen LogP contribution in [0.25, 0.3) is 28.1 Å². The predicted octanol–water partition coefficient (Wildman–Crippen LogP) is 5.64. The Morgan fingerprint density at radius 2 is 1.86 bits per heavy atom. The lowest BCUT2D eigenvalue weighted by molar-refractivity contribution is -0.380. The van der Waals surface area contributed by atoms with Gasteiger partial charge in [0.25, 0.3) is 5.91 Å². The topological polar surface area (TPSA) is 116 Å². The number of hydrogen-bond donors (Lipinski definition) is 1. The number of aromatic nitrogens is 4. The summed E-state index contributed by atoms with van der Waals surface area (Å²) in [6.07, 6.45) is 1.33. The van der Waals surface area contributed by atoms with Gasteiger partial charge in [-0.05, 0) is 42.5 Å². The molecule has 0 atom stereocenters. The van der Waals surface area contributed by atoms with Gasteiger partial charge in [-0.2, -0.15) is 5.10 Å². The molecule has 13 heteroatoms. The molecule has 0 aliphatic carbocycles. The Balaban J connectivity index is 1.65. The van der Waals surface area contributed by atoms with Crippen LogP contribution in [0.5, 0.6) is 0 Å². The van der Waals surface area contributed by atoms with Crippen molar-refractivity contribution >= 4 is 50.7 Å². The lowest BCUT2D eigenvalue weighted by Gasteiger charge is -2.09. The first-order chi connectivity index (χ1) is 16.8. The van der Waals surface area contributed by atoms with E-state index in [2.05, 4.69) is 20.4 Å². The Labute approximate surface area is 203 Å². The number of thiophene rings is 1. The minimum Gasteiger partial charge on any atom is -0.305 e. The molecule has 0 saturated heterocycles. The van der Waals surface area contributed by atoms with Crippen molar-refractivity contribution in [1.82, 2.24) is 19.7 Å². The van der Waals surface area contributed by atoms with Crippen molar-refractivity contribution in [3.8, 4) is 17.1 Å². The number of nitro groups is 1. The molecule has 0 spiro atoms. The second-order valence-corrected chi connectivity index (χ2v) is 8.64. The van der Waals surface area contributed by atoms with E-state index in [-0.39, 0.29) is 38.2 Å². The van der Waals surface area contributed by atoms with E-state index in [0.29, 0.717) is 21.9 Å². The Morgan fingerprint density at radius 3 is 2.54 bits per heavy atom. The summed E-state index contributed by atoms with van der Waals surface area (Å²) >= 11 is 6.68. The third-order valence-electron chi connectivity index (χ3n) is 4.90. The first-order valence-electron chi connectivity index (χ1n) is 9.83. The summed E-state index contributed by atoms with van der Waals surface area (Å²) < 4.78 is 29.1. The summed E-state index contributed by atoms with van der Waals surface area (Å²) in [6.45, 7) is 0. The minimum atomic E-state index is -0.863. The van der Waals surface area contributed by atoms with Gasteiger partial charge in [-0.1, -0.05) is 22.9 Å². The number of nitrogens with zero attached hydrogens (tertiary/aromatic N) is 5. The highest BCUT2D eigenvalue weighted by molar-refractivity contribution is 7.17. The highest BCUT2D eigenvalue weighted by Crippen LogP contribution is 2.30. The maximum atomic E-state index is 14.5. The number of hydrogen-bond acceptors (Lipinski definition) is 7. The highest BCUT2D eigenvalue weighted by Gasteiger charge is 2.21. The SMILES string of the molecule is O=C(Nc1nc(-c2ccc(Cl)cc2)nc2c1cnn2-c1ccc(F)cc1F)c1ccc([N+](=O)[O-])s1. The summed E-state index contributed by atoms with van der Waals surface area (Å²) in [5, 5.41) is 18.3. The molecule has 0 aliphatic heterocycles. The third-order valence-corrected chi connectivity index (χ3v) is 6.18. The average Bonchev–Trinajstić information content (AvgIpc) is 3.48. The van der Waals surface area contributed by atoms with Crippen molar-refractivity contribution in [3.63, 3.8) is 0 Å². The molecule has 3 heterocycles. The van der Waals surface area contributed by atoms with Crippen LogP contribution in [0.4, 0.5) is 19.6 Å². The van der Waals surface area contributed by atoms with Gasteiger partial charge >= 0.3 is 5.00 Å². The molecule has 5 rings (SSSR count). The number of nitrogens with one attached hydrogen (secondary N) is 1. The fraction of sp³-hybridized carbons (Fsp3) is 0. The van der Waals surface area contributed by atoms with E-state index in [9.17, 15) is 23.7 Å². The number of rotatable bonds is 5. The van der Waals surface area contributed by atoms with Crippen molar-refractivity contribution in [1.29, 1.82) is 0 Å². The minimum absolute atomic E-state index is 0.0507. The predicted molar refractivity (Wildman–Crippen MR) is 126 cm³/mol. The number of amides is 1. The summed E-state index contributed by atoms with van der Waals surface area (Å²) in [5.74, 6) is -2.03. The van der Waals surface area contributed by atoms with E-state index < -0.39 is 22.5 Å². The number of fused-ring (bicyclic) bond motifs is 1. The molecule has 0 bridgehead atoms. The zero-order chi connectivity index (χ0) is 24.7. The smallest absolute Gasteiger partial charge is 0.305 e. The summed E-state index contributed by atoms with van der Waals surface area (Å²) in [5.41, 5.74) is 0.627. The largest absolute Gasteiger partial charge is 0.324 e. The van der Waals surface area contributed by atoms with Gasteiger partial charge in [-0.3, -0.25) is 14.9 Å². The molecule has 3 aromatic heterocycles. The molecule has 5 aromatic rings. The number of carbonyl (C=O) groups is 1. The first kappa shape index (κ1) is 22.5. The van der Waals surface area contributed by atoms with Crippen molar-refractivity contribution in [3.05, 3.63) is 92.4 Å². The normalized spacial score (nSPS) is 11.1. The van der Waals surface area contributed by atoms with Gasteiger partial charge in [-0.15, -0.1) is 0 Å². The van der Waals surface area contributed by atoms with Crippen LogP contribution in [-0.4, -0.2) is 30.6 Å². The second-order valence-electron chi connectivity index (χ2n) is 7.14. The van der Waals surface area contributed by atoms with Crippen molar-refractivity contribution < 1.29 is 18.5 Å². The fourth-order valence-corrected chi connectivity index (χ4v) is 4.12. The van der Waals surface area contributed by atoms with Gasteiger partial charge in [0.05, 0.1) is 21.4 Å². The number of halogens is 3. The molecule has 174 valence electrons. The lowest BCUT2D eigenvalue weighted by Crippen LogP contribution is -2.13. The number of anilines is 1. The van der Waals surface area contributed by atoms with E-state index in [1.807, 2.05) is 0 Å². The Hall–Kier alpha value is -4.29. The van der Waals surface area contributed by atoms with Crippen LogP contribution in [-0.2, 0) is 0 Å². The molecule has 0 unspecified atom stereocenters. The Bertz CT molecular complexity index is 1620. The molecule has 0 fully saturated rings. The standard InChI is InChI=1S/C22H11ClF2N6O3S/c23-12-3-1-11(2-4-12)19-27-20(29-22(32)17-7-8-18(35-17)31(33)34)14-10-26-30(21(14)28-19)16-6-5-13(24)9-15(16)25/h1-10H,(H,27,28,29,32). The monoisotopic (exact) mass is 512 g/mol. The van der Waals surface area contributed by atoms with Gasteiger partial charge in [0.1, 0.15) is 17.3 Å². The van der Waals surface area contributed by atoms with Gasteiger partial charge in [0.15, 0.2) is 17.3 Å². The van der Waals surface area contributed by atoms with Crippen molar-refractivity contribution in [2.75, 3.05) is 5.32 Å². The summed E-state index contributed by atoms with van der Waals surface area (Å²) in [4.78, 5) is 32.2. The summed E-state index contributed by atoms with van der Waals surface area (Å²) in [6, 6.07) is 12.2. The average molecular weight is 513 g/mol. The lowest BCUT2D eigenvalue weighted by atomic mass is 10.2. The third kappa shape index (κ3) is 4.32. The maximum absolute atomic E-state index is 14.5. The molecule has 0 radical (unpaired) electrons. The van der Waals surface area contributed by atoms with E-state index in [0.717, 1.165) is 16.8 Å². The van der Waals surface area contributed by atoms with Crippen molar-refractivity contribution in [2.24, 2.45) is 0 Å². The quantitative estimate of drug-likeness (QED) is 0.241. The van der Waals surface area contributed by atoms with E-state index in [1.54, 1.807) is 24.3 Å². The highest BCUT2D eigenvalue weighted by atomic mass is 35.5. The number of benzene rings is 2. The van der Waals surface area contributed by atoms with Crippen LogP contribution >= 0.6 is 22.9 Å². The Kier molecular flexibility index (Phi) is 5.67. The molecule has 1 amide bonds. The molecule has 0 aliphatic rings. The molecule has 0 saturated carbocycles. The number of carbonyl (C=O) groups excluding carboxylic acids is 1. The van der Waals surface area contributed by atoms with Crippen LogP contribution < -0.4 is 5.32 Å². The maximum Gasteiger partial charge on any atom is 0.324 e. The molecule has 2 aromatic carbocycles. The first-order valence-corrected chi connectivity index (χ1v) is 11.0. The molecule has 9 nitrogen and oxygen atoms in total. The van der Waals surface area contributed by atoms with Gasteiger partial charge in [0, 0.05) is 22.7 Å². The van der Waals surface area contributed by atoms with Gasteiger partial charge in [0.2, 0.25) is 0 Å². The van der Waals surface area contributed by atoms with Crippen LogP contribution in [0.15, 0.2) is 60.8 Å². The fourth-order valence-electron chi connectivity index (χ4n) is 3.28. The second kappa shape index (κ2) is 8.81.